The number of aliphatic hydroxyl groups is 1. The lowest BCUT2D eigenvalue weighted by molar-refractivity contribution is 0.208. The number of hydrogen-bond acceptors (Lipinski definition) is 1. The van der Waals surface area contributed by atoms with Gasteiger partial charge in [0.15, 0.2) is 0 Å². The van der Waals surface area contributed by atoms with E-state index in [2.05, 4.69) is 25.6 Å². The first-order valence-electron chi connectivity index (χ1n) is 6.81. The minimum atomic E-state index is -0.574. The predicted octanol–water partition coefficient (Wildman–Crippen LogP) is 4.34. The number of hydrogen-bond donors (Lipinski definition) is 1. The van der Waals surface area contributed by atoms with E-state index in [9.17, 15) is 5.11 Å². The Hall–Kier alpha value is -2.12. The number of rotatable bonds is 5. The van der Waals surface area contributed by atoms with Crippen molar-refractivity contribution in [3.8, 4) is 0 Å². The van der Waals surface area contributed by atoms with Crippen LogP contribution in [0, 0.1) is 6.92 Å². The summed E-state index contributed by atoms with van der Waals surface area (Å²) >= 11 is 0. The van der Waals surface area contributed by atoms with Gasteiger partial charge < -0.3 is 5.11 Å². The van der Waals surface area contributed by atoms with E-state index in [-0.39, 0.29) is 5.92 Å². The highest BCUT2D eigenvalue weighted by atomic mass is 16.3. The van der Waals surface area contributed by atoms with E-state index in [1.54, 1.807) is 6.08 Å². The van der Waals surface area contributed by atoms with Gasteiger partial charge in [-0.25, -0.2) is 0 Å². The zero-order chi connectivity index (χ0) is 14.4. The molecule has 20 heavy (non-hydrogen) atoms. The van der Waals surface area contributed by atoms with Gasteiger partial charge in [0, 0.05) is 5.92 Å². The summed E-state index contributed by atoms with van der Waals surface area (Å²) in [6.45, 7) is 5.90. The fourth-order valence-corrected chi connectivity index (χ4v) is 2.15. The highest BCUT2D eigenvalue weighted by Gasteiger charge is 2.15. The van der Waals surface area contributed by atoms with Crippen molar-refractivity contribution in [2.75, 3.05) is 0 Å². The molecule has 0 spiro atoms. The van der Waals surface area contributed by atoms with Crippen LogP contribution in [0.15, 0.2) is 73.3 Å². The van der Waals surface area contributed by atoms with Crippen LogP contribution >= 0.6 is 0 Å². The first-order valence-corrected chi connectivity index (χ1v) is 6.81. The van der Waals surface area contributed by atoms with Crippen molar-refractivity contribution in [2.45, 2.75) is 18.9 Å². The van der Waals surface area contributed by atoms with Crippen LogP contribution in [0.1, 0.15) is 22.6 Å². The molecule has 0 aliphatic carbocycles. The molecule has 0 bridgehead atoms. The van der Waals surface area contributed by atoms with Crippen molar-refractivity contribution >= 4 is 6.08 Å². The molecule has 0 aromatic heterocycles. The van der Waals surface area contributed by atoms with Crippen LogP contribution in [0.4, 0.5) is 0 Å². The molecule has 2 aromatic rings. The molecule has 1 nitrogen and oxygen atoms in total. The van der Waals surface area contributed by atoms with Gasteiger partial charge in [-0.2, -0.15) is 0 Å². The SMILES string of the molecule is C=C[C@H](c1ccc(C)cc1)[C@H](O)/C=C/c1ccccc1. The van der Waals surface area contributed by atoms with Gasteiger partial charge in [0.1, 0.15) is 0 Å². The van der Waals surface area contributed by atoms with Crippen molar-refractivity contribution in [2.24, 2.45) is 0 Å². The fraction of sp³-hybridized carbons (Fsp3) is 0.158. The molecule has 0 unspecified atom stereocenters. The molecular weight excluding hydrogens is 244 g/mol. The van der Waals surface area contributed by atoms with Gasteiger partial charge in [-0.1, -0.05) is 78.4 Å². The number of aryl methyl sites for hydroxylation is 1. The van der Waals surface area contributed by atoms with Crippen LogP contribution in [0.25, 0.3) is 6.08 Å². The molecule has 102 valence electrons. The molecule has 0 radical (unpaired) electrons. The molecule has 2 aromatic carbocycles. The Labute approximate surface area is 120 Å². The van der Waals surface area contributed by atoms with Crippen molar-refractivity contribution in [3.63, 3.8) is 0 Å². The van der Waals surface area contributed by atoms with Crippen LogP contribution in [-0.2, 0) is 0 Å². The molecule has 0 fully saturated rings. The third-order valence-corrected chi connectivity index (χ3v) is 3.37. The number of aliphatic hydroxyl groups excluding tert-OH is 1. The third-order valence-electron chi connectivity index (χ3n) is 3.37. The summed E-state index contributed by atoms with van der Waals surface area (Å²) in [5.74, 6) is -0.0874. The van der Waals surface area contributed by atoms with Gasteiger partial charge in [-0.3, -0.25) is 0 Å². The topological polar surface area (TPSA) is 20.2 Å². The summed E-state index contributed by atoms with van der Waals surface area (Å²) in [5.41, 5.74) is 3.37. The molecule has 2 rings (SSSR count). The van der Waals surface area contributed by atoms with E-state index < -0.39 is 6.10 Å². The van der Waals surface area contributed by atoms with E-state index in [0.29, 0.717) is 0 Å². The highest BCUT2D eigenvalue weighted by molar-refractivity contribution is 5.50. The first kappa shape index (κ1) is 14.3. The van der Waals surface area contributed by atoms with Crippen LogP contribution < -0.4 is 0 Å². The van der Waals surface area contributed by atoms with Gasteiger partial charge in [-0.15, -0.1) is 6.58 Å². The quantitative estimate of drug-likeness (QED) is 0.796. The fourth-order valence-electron chi connectivity index (χ4n) is 2.15. The Balaban J connectivity index is 2.13. The summed E-state index contributed by atoms with van der Waals surface area (Å²) in [6, 6.07) is 18.2. The summed E-state index contributed by atoms with van der Waals surface area (Å²) in [7, 11) is 0. The van der Waals surface area contributed by atoms with Crippen molar-refractivity contribution in [3.05, 3.63) is 90.0 Å². The second-order valence-electron chi connectivity index (χ2n) is 4.93. The molecule has 1 N–H and O–H groups in total. The largest absolute Gasteiger partial charge is 0.388 e. The Bertz CT molecular complexity index is 566. The maximum atomic E-state index is 10.3. The Morgan fingerprint density at radius 1 is 1.00 bits per heavy atom. The van der Waals surface area contributed by atoms with Gasteiger partial charge in [0.05, 0.1) is 6.10 Å². The summed E-state index contributed by atoms with van der Waals surface area (Å²) < 4.78 is 0. The maximum Gasteiger partial charge on any atom is 0.0827 e. The molecule has 2 atom stereocenters. The Morgan fingerprint density at radius 2 is 1.65 bits per heavy atom. The highest BCUT2D eigenvalue weighted by Crippen LogP contribution is 2.23. The zero-order valence-corrected chi connectivity index (χ0v) is 11.7. The third kappa shape index (κ3) is 3.69. The lowest BCUT2D eigenvalue weighted by Gasteiger charge is -2.17. The molecule has 0 aliphatic heterocycles. The molecule has 1 heteroatoms. The summed E-state index contributed by atoms with van der Waals surface area (Å²) in [6.07, 6.45) is 4.98. The first-order chi connectivity index (χ1) is 9.70. The molecular formula is C19H20O. The van der Waals surface area contributed by atoms with E-state index in [0.717, 1.165) is 11.1 Å². The van der Waals surface area contributed by atoms with Gasteiger partial charge >= 0.3 is 0 Å². The summed E-state index contributed by atoms with van der Waals surface area (Å²) in [5, 5.41) is 10.3. The monoisotopic (exact) mass is 264 g/mol. The van der Waals surface area contributed by atoms with Crippen molar-refractivity contribution in [1.29, 1.82) is 0 Å². The molecule has 0 amide bonds. The van der Waals surface area contributed by atoms with Crippen molar-refractivity contribution < 1.29 is 5.11 Å². The normalized spacial score (nSPS) is 14.1. The zero-order valence-electron chi connectivity index (χ0n) is 11.7. The standard InChI is InChI=1S/C19H20O/c1-3-18(17-12-9-15(2)10-13-17)19(20)14-11-16-7-5-4-6-8-16/h3-14,18-20H,1H2,2H3/b14-11+/t18-,19-/m1/s1. The van der Waals surface area contributed by atoms with Crippen LogP contribution in [0.2, 0.25) is 0 Å². The maximum absolute atomic E-state index is 10.3. The van der Waals surface area contributed by atoms with E-state index >= 15 is 0 Å². The Kier molecular flexibility index (Phi) is 4.91. The minimum Gasteiger partial charge on any atom is -0.388 e. The number of benzene rings is 2. The van der Waals surface area contributed by atoms with E-state index in [4.69, 9.17) is 0 Å². The summed E-state index contributed by atoms with van der Waals surface area (Å²) in [4.78, 5) is 0. The lowest BCUT2D eigenvalue weighted by Crippen LogP contribution is -2.13. The van der Waals surface area contributed by atoms with E-state index in [1.807, 2.05) is 54.6 Å². The van der Waals surface area contributed by atoms with Gasteiger partial charge in [0.25, 0.3) is 0 Å². The van der Waals surface area contributed by atoms with Gasteiger partial charge in [0.2, 0.25) is 0 Å². The Morgan fingerprint density at radius 3 is 2.25 bits per heavy atom. The molecule has 0 heterocycles. The van der Waals surface area contributed by atoms with Gasteiger partial charge in [-0.05, 0) is 18.1 Å². The smallest absolute Gasteiger partial charge is 0.0827 e. The second kappa shape index (κ2) is 6.88. The molecule has 0 aliphatic rings. The van der Waals surface area contributed by atoms with E-state index in [1.165, 1.54) is 5.56 Å². The average molecular weight is 264 g/mol. The van der Waals surface area contributed by atoms with Crippen LogP contribution in [-0.4, -0.2) is 11.2 Å². The minimum absolute atomic E-state index is 0.0874. The van der Waals surface area contributed by atoms with Crippen LogP contribution in [0.3, 0.4) is 0 Å². The molecule has 0 saturated carbocycles. The van der Waals surface area contributed by atoms with Crippen molar-refractivity contribution in [1.82, 2.24) is 0 Å². The average Bonchev–Trinajstić information content (AvgIpc) is 2.49. The molecule has 0 saturated heterocycles. The lowest BCUT2D eigenvalue weighted by atomic mass is 9.92. The second-order valence-corrected chi connectivity index (χ2v) is 4.93. The predicted molar refractivity (Wildman–Crippen MR) is 85.6 cm³/mol. The van der Waals surface area contributed by atoms with Crippen LogP contribution in [0.5, 0.6) is 0 Å².